The van der Waals surface area contributed by atoms with Crippen molar-refractivity contribution in [3.05, 3.63) is 35.9 Å². The van der Waals surface area contributed by atoms with E-state index in [1.165, 1.54) is 0 Å². The Labute approximate surface area is 145 Å². The molecular formula is C18H28O5P+. The molecular weight excluding hydrogens is 327 g/mol. The minimum atomic E-state index is -2.24. The van der Waals surface area contributed by atoms with Gasteiger partial charge in [0.2, 0.25) is 0 Å². The van der Waals surface area contributed by atoms with Gasteiger partial charge in [-0.25, -0.2) is 0 Å². The summed E-state index contributed by atoms with van der Waals surface area (Å²) in [5.74, 6) is 0. The quantitative estimate of drug-likeness (QED) is 0.611. The predicted molar refractivity (Wildman–Crippen MR) is 92.9 cm³/mol. The van der Waals surface area contributed by atoms with Gasteiger partial charge in [-0.2, -0.15) is 0 Å². The number of benzene rings is 1. The highest BCUT2D eigenvalue weighted by atomic mass is 31.1. The topological polar surface area (TPSA) is 54.0 Å². The average molecular weight is 355 g/mol. The highest BCUT2D eigenvalue weighted by molar-refractivity contribution is 7.33. The maximum Gasteiger partial charge on any atom is 0.698 e. The van der Waals surface area contributed by atoms with Gasteiger partial charge < -0.3 is 9.47 Å². The fraction of sp³-hybridized carbons (Fsp3) is 0.667. The summed E-state index contributed by atoms with van der Waals surface area (Å²) in [4.78, 5) is 0. The molecule has 24 heavy (non-hydrogen) atoms. The standard InChI is InChI=1S/C18H28O5P/c1-5-18(6-2)12-15(20-3)16(17(18)21-4)23-24(19)22-13-14-10-8-7-9-11-14/h7-11,15-17H,5-6,12-13H2,1-4H3/q+1. The molecule has 0 N–H and O–H groups in total. The second-order valence-corrected chi connectivity index (χ2v) is 7.17. The molecule has 1 saturated carbocycles. The van der Waals surface area contributed by atoms with Gasteiger partial charge in [0.25, 0.3) is 0 Å². The van der Waals surface area contributed by atoms with Gasteiger partial charge in [-0.3, -0.25) is 0 Å². The zero-order valence-electron chi connectivity index (χ0n) is 14.9. The smallest absolute Gasteiger partial charge is 0.378 e. The number of hydrogen-bond donors (Lipinski definition) is 0. The van der Waals surface area contributed by atoms with Gasteiger partial charge in [-0.15, -0.1) is 9.05 Å². The third-order valence-electron chi connectivity index (χ3n) is 5.23. The minimum Gasteiger partial charge on any atom is -0.378 e. The van der Waals surface area contributed by atoms with Crippen LogP contribution in [-0.2, 0) is 29.7 Å². The molecule has 4 unspecified atom stereocenters. The van der Waals surface area contributed by atoms with E-state index < -0.39 is 8.25 Å². The molecule has 134 valence electrons. The van der Waals surface area contributed by atoms with Crippen LogP contribution in [0, 0.1) is 5.41 Å². The monoisotopic (exact) mass is 355 g/mol. The van der Waals surface area contributed by atoms with Crippen molar-refractivity contribution in [2.75, 3.05) is 14.2 Å². The van der Waals surface area contributed by atoms with E-state index in [1.807, 2.05) is 30.3 Å². The first kappa shape index (κ1) is 19.5. The zero-order chi connectivity index (χ0) is 17.6. The number of rotatable bonds is 9. The van der Waals surface area contributed by atoms with Gasteiger partial charge in [-0.05, 0) is 24.8 Å². The maximum absolute atomic E-state index is 12.3. The molecule has 0 saturated heterocycles. The zero-order valence-corrected chi connectivity index (χ0v) is 15.8. The molecule has 6 heteroatoms. The summed E-state index contributed by atoms with van der Waals surface area (Å²) < 4.78 is 34.7. The Morgan fingerprint density at radius 1 is 1.12 bits per heavy atom. The van der Waals surface area contributed by atoms with Crippen LogP contribution in [0.1, 0.15) is 38.7 Å². The first-order valence-electron chi connectivity index (χ1n) is 8.46. The summed E-state index contributed by atoms with van der Waals surface area (Å²) in [6.45, 7) is 4.55. The Bertz CT molecular complexity index is 517. The normalized spacial score (nSPS) is 26.5. The molecule has 1 fully saturated rings. The van der Waals surface area contributed by atoms with Crippen molar-refractivity contribution in [2.45, 2.75) is 58.0 Å². The van der Waals surface area contributed by atoms with E-state index >= 15 is 0 Å². The van der Waals surface area contributed by atoms with Crippen LogP contribution in [0.25, 0.3) is 0 Å². The lowest BCUT2D eigenvalue weighted by Gasteiger charge is -2.32. The van der Waals surface area contributed by atoms with E-state index in [9.17, 15) is 4.57 Å². The van der Waals surface area contributed by atoms with Crippen LogP contribution in [-0.4, -0.2) is 32.5 Å². The SMILES string of the molecule is CCC1(CC)CC(OC)C(O[P+](=O)OCc2ccccc2)C1OC. The molecule has 1 aromatic rings. The Morgan fingerprint density at radius 3 is 2.33 bits per heavy atom. The molecule has 1 aromatic carbocycles. The van der Waals surface area contributed by atoms with Gasteiger partial charge in [-0.1, -0.05) is 44.2 Å². The third kappa shape index (κ3) is 4.22. The largest absolute Gasteiger partial charge is 0.698 e. The van der Waals surface area contributed by atoms with Gasteiger partial charge in [0, 0.05) is 24.2 Å². The van der Waals surface area contributed by atoms with E-state index in [1.54, 1.807) is 14.2 Å². The van der Waals surface area contributed by atoms with E-state index in [0.29, 0.717) is 0 Å². The molecule has 0 heterocycles. The molecule has 0 aromatic heterocycles. The third-order valence-corrected chi connectivity index (χ3v) is 5.98. The number of methoxy groups -OCH3 is 2. The summed E-state index contributed by atoms with van der Waals surface area (Å²) in [7, 11) is 1.10. The van der Waals surface area contributed by atoms with Crippen LogP contribution in [0.3, 0.4) is 0 Å². The lowest BCUT2D eigenvalue weighted by molar-refractivity contribution is -0.0664. The van der Waals surface area contributed by atoms with Gasteiger partial charge in [0.05, 0.1) is 12.2 Å². The molecule has 0 amide bonds. The van der Waals surface area contributed by atoms with Crippen LogP contribution in [0.15, 0.2) is 30.3 Å². The molecule has 1 aliphatic carbocycles. The molecule has 4 atom stereocenters. The van der Waals surface area contributed by atoms with Crippen LogP contribution >= 0.6 is 8.25 Å². The summed E-state index contributed by atoms with van der Waals surface area (Å²) in [5.41, 5.74) is 0.939. The van der Waals surface area contributed by atoms with Crippen molar-refractivity contribution >= 4 is 8.25 Å². The molecule has 1 aliphatic rings. The Hall–Kier alpha value is -0.840. The van der Waals surface area contributed by atoms with Crippen LogP contribution in [0.4, 0.5) is 0 Å². The Kier molecular flexibility index (Phi) is 7.33. The summed E-state index contributed by atoms with van der Waals surface area (Å²) in [5, 5.41) is 0. The van der Waals surface area contributed by atoms with E-state index in [0.717, 1.165) is 24.8 Å². The maximum atomic E-state index is 12.3. The van der Waals surface area contributed by atoms with E-state index in [2.05, 4.69) is 13.8 Å². The van der Waals surface area contributed by atoms with E-state index in [-0.39, 0.29) is 30.3 Å². The van der Waals surface area contributed by atoms with Crippen molar-refractivity contribution in [1.82, 2.24) is 0 Å². The predicted octanol–water partition coefficient (Wildman–Crippen LogP) is 4.49. The molecule has 0 aliphatic heterocycles. The van der Waals surface area contributed by atoms with Crippen LogP contribution < -0.4 is 0 Å². The van der Waals surface area contributed by atoms with Crippen molar-refractivity contribution in [3.8, 4) is 0 Å². The van der Waals surface area contributed by atoms with E-state index in [4.69, 9.17) is 18.5 Å². The van der Waals surface area contributed by atoms with Crippen LogP contribution in [0.5, 0.6) is 0 Å². The second kappa shape index (κ2) is 9.02. The van der Waals surface area contributed by atoms with Gasteiger partial charge in [0.15, 0.2) is 6.10 Å². The minimum absolute atomic E-state index is 0.0182. The second-order valence-electron chi connectivity index (χ2n) is 6.26. The fourth-order valence-electron chi connectivity index (χ4n) is 3.67. The summed E-state index contributed by atoms with van der Waals surface area (Å²) in [6.07, 6.45) is 2.07. The molecule has 0 radical (unpaired) electrons. The average Bonchev–Trinajstić information content (AvgIpc) is 2.94. The van der Waals surface area contributed by atoms with Gasteiger partial charge in [0.1, 0.15) is 6.61 Å². The summed E-state index contributed by atoms with van der Waals surface area (Å²) in [6, 6.07) is 9.62. The lowest BCUT2D eigenvalue weighted by atomic mass is 9.78. The summed E-state index contributed by atoms with van der Waals surface area (Å²) >= 11 is 0. The van der Waals surface area contributed by atoms with Crippen LogP contribution in [0.2, 0.25) is 0 Å². The molecule has 2 rings (SSSR count). The Balaban J connectivity index is 2.01. The molecule has 0 spiro atoms. The lowest BCUT2D eigenvalue weighted by Crippen LogP contribution is -2.39. The molecule has 0 bridgehead atoms. The van der Waals surface area contributed by atoms with Crippen molar-refractivity contribution in [1.29, 1.82) is 0 Å². The van der Waals surface area contributed by atoms with Crippen molar-refractivity contribution in [3.63, 3.8) is 0 Å². The molecule has 5 nitrogen and oxygen atoms in total. The fourth-order valence-corrected chi connectivity index (χ4v) is 4.43. The Morgan fingerprint density at radius 2 is 1.79 bits per heavy atom. The van der Waals surface area contributed by atoms with Gasteiger partial charge >= 0.3 is 8.25 Å². The van der Waals surface area contributed by atoms with Crippen molar-refractivity contribution in [2.24, 2.45) is 5.41 Å². The highest BCUT2D eigenvalue weighted by Crippen LogP contribution is 2.49. The number of hydrogen-bond acceptors (Lipinski definition) is 5. The number of ether oxygens (including phenoxy) is 2. The highest BCUT2D eigenvalue weighted by Gasteiger charge is 2.56. The van der Waals surface area contributed by atoms with Crippen molar-refractivity contribution < 1.29 is 23.1 Å². The first-order valence-corrected chi connectivity index (χ1v) is 9.56. The first-order chi connectivity index (χ1) is 11.6.